The van der Waals surface area contributed by atoms with E-state index in [1.807, 2.05) is 6.92 Å². The first kappa shape index (κ1) is 12.0. The molecule has 3 nitrogen and oxygen atoms in total. The normalized spacial score (nSPS) is 12.2. The second kappa shape index (κ2) is 6.52. The Morgan fingerprint density at radius 2 is 2.00 bits per heavy atom. The molecule has 76 valence electrons. The Kier molecular flexibility index (Phi) is 6.02. The van der Waals surface area contributed by atoms with E-state index in [1.54, 1.807) is 6.92 Å². The van der Waals surface area contributed by atoms with Crippen molar-refractivity contribution < 1.29 is 4.79 Å². The van der Waals surface area contributed by atoms with Crippen LogP contribution in [0.15, 0.2) is 11.3 Å². The van der Waals surface area contributed by atoms with E-state index in [-0.39, 0.29) is 5.91 Å². The summed E-state index contributed by atoms with van der Waals surface area (Å²) in [4.78, 5) is 10.9. The van der Waals surface area contributed by atoms with Crippen molar-refractivity contribution in [3.63, 3.8) is 0 Å². The van der Waals surface area contributed by atoms with Crippen LogP contribution in [0.3, 0.4) is 0 Å². The van der Waals surface area contributed by atoms with Crippen molar-refractivity contribution in [2.75, 3.05) is 6.54 Å². The third-order valence-electron chi connectivity index (χ3n) is 1.99. The molecule has 0 fully saturated rings. The highest BCUT2D eigenvalue weighted by molar-refractivity contribution is 5.91. The van der Waals surface area contributed by atoms with Gasteiger partial charge in [0.05, 0.1) is 0 Å². The average Bonchev–Trinajstić information content (AvgIpc) is 2.11. The lowest BCUT2D eigenvalue weighted by Crippen LogP contribution is -2.21. The molecule has 0 rings (SSSR count). The van der Waals surface area contributed by atoms with Gasteiger partial charge in [0.15, 0.2) is 0 Å². The number of nitrogens with two attached hydrogens (primary N) is 1. The molecule has 3 heteroatoms. The molecule has 0 radical (unpaired) electrons. The second-order valence-corrected chi connectivity index (χ2v) is 3.10. The zero-order valence-electron chi connectivity index (χ0n) is 8.81. The van der Waals surface area contributed by atoms with Gasteiger partial charge in [-0.2, -0.15) is 0 Å². The Labute approximate surface area is 80.4 Å². The van der Waals surface area contributed by atoms with Gasteiger partial charge in [-0.3, -0.25) is 4.79 Å². The maximum atomic E-state index is 10.9. The number of nitrogens with one attached hydrogen (secondary N) is 1. The van der Waals surface area contributed by atoms with Crippen LogP contribution in [0.5, 0.6) is 0 Å². The van der Waals surface area contributed by atoms with Crippen molar-refractivity contribution in [3.05, 3.63) is 11.3 Å². The van der Waals surface area contributed by atoms with Crippen molar-refractivity contribution >= 4 is 5.91 Å². The Hall–Kier alpha value is -0.990. The van der Waals surface area contributed by atoms with Crippen molar-refractivity contribution in [1.82, 2.24) is 5.32 Å². The monoisotopic (exact) mass is 184 g/mol. The molecular formula is C10H20N2O. The van der Waals surface area contributed by atoms with E-state index in [0.717, 1.165) is 31.5 Å². The third-order valence-corrected chi connectivity index (χ3v) is 1.99. The van der Waals surface area contributed by atoms with Crippen LogP contribution in [0.25, 0.3) is 0 Å². The Morgan fingerprint density at radius 1 is 1.38 bits per heavy atom. The topological polar surface area (TPSA) is 55.1 Å². The number of hydrogen-bond donors (Lipinski definition) is 2. The lowest BCUT2D eigenvalue weighted by Gasteiger charge is -2.11. The lowest BCUT2D eigenvalue weighted by molar-refractivity contribution is -0.114. The fraction of sp³-hybridized carbons (Fsp3) is 0.700. The lowest BCUT2D eigenvalue weighted by atomic mass is 10.1. The van der Waals surface area contributed by atoms with Crippen LogP contribution in [-0.2, 0) is 4.79 Å². The molecule has 0 aliphatic rings. The van der Waals surface area contributed by atoms with Gasteiger partial charge in [0.1, 0.15) is 0 Å². The first-order valence-electron chi connectivity index (χ1n) is 4.86. The van der Waals surface area contributed by atoms with Gasteiger partial charge in [0, 0.05) is 17.8 Å². The summed E-state index contributed by atoms with van der Waals surface area (Å²) >= 11 is 0. The van der Waals surface area contributed by atoms with E-state index >= 15 is 0 Å². The fourth-order valence-electron chi connectivity index (χ4n) is 1.12. The molecule has 1 amide bonds. The Bertz CT molecular complexity index is 197. The standard InChI is InChI=1S/C10H20N2O/c1-4-6-7-9(12-5-2)8(3)10(11)13/h12H,4-7H2,1-3H3,(H2,11,13)/b9-8+. The van der Waals surface area contributed by atoms with E-state index in [0.29, 0.717) is 5.57 Å². The zero-order chi connectivity index (χ0) is 10.3. The van der Waals surface area contributed by atoms with Gasteiger partial charge in [-0.15, -0.1) is 0 Å². The minimum Gasteiger partial charge on any atom is -0.388 e. The Balaban J connectivity index is 4.37. The van der Waals surface area contributed by atoms with E-state index in [2.05, 4.69) is 12.2 Å². The summed E-state index contributed by atoms with van der Waals surface area (Å²) in [6.07, 6.45) is 3.13. The van der Waals surface area contributed by atoms with Crippen LogP contribution in [0, 0.1) is 0 Å². The maximum Gasteiger partial charge on any atom is 0.246 e. The predicted molar refractivity (Wildman–Crippen MR) is 55.1 cm³/mol. The minimum absolute atomic E-state index is 0.327. The highest BCUT2D eigenvalue weighted by Crippen LogP contribution is 2.09. The first-order valence-corrected chi connectivity index (χ1v) is 4.86. The highest BCUT2D eigenvalue weighted by atomic mass is 16.1. The predicted octanol–water partition coefficient (Wildman–Crippen LogP) is 1.55. The van der Waals surface area contributed by atoms with E-state index in [4.69, 9.17) is 5.73 Å². The number of carbonyl (C=O) groups is 1. The van der Waals surface area contributed by atoms with Crippen molar-refractivity contribution in [1.29, 1.82) is 0 Å². The minimum atomic E-state index is -0.327. The van der Waals surface area contributed by atoms with Gasteiger partial charge >= 0.3 is 0 Å². The zero-order valence-corrected chi connectivity index (χ0v) is 8.81. The number of allylic oxidation sites excluding steroid dienone is 1. The summed E-state index contributed by atoms with van der Waals surface area (Å²) in [5.74, 6) is -0.327. The number of primary amides is 1. The molecule has 0 spiro atoms. The van der Waals surface area contributed by atoms with Gasteiger partial charge < -0.3 is 11.1 Å². The SMILES string of the molecule is CCCC/C(NCC)=C(/C)C(N)=O. The molecule has 0 bridgehead atoms. The van der Waals surface area contributed by atoms with Crippen LogP contribution in [0.2, 0.25) is 0 Å². The molecule has 0 aliphatic carbocycles. The fourth-order valence-corrected chi connectivity index (χ4v) is 1.12. The molecule has 0 atom stereocenters. The molecule has 0 heterocycles. The largest absolute Gasteiger partial charge is 0.388 e. The molecule has 0 aromatic rings. The summed E-state index contributed by atoms with van der Waals surface area (Å²) in [6.45, 7) is 6.75. The summed E-state index contributed by atoms with van der Waals surface area (Å²) < 4.78 is 0. The molecule has 0 aliphatic heterocycles. The number of carbonyl (C=O) groups excluding carboxylic acids is 1. The van der Waals surface area contributed by atoms with E-state index < -0.39 is 0 Å². The maximum absolute atomic E-state index is 10.9. The molecular weight excluding hydrogens is 164 g/mol. The van der Waals surface area contributed by atoms with Crippen molar-refractivity contribution in [3.8, 4) is 0 Å². The quantitative estimate of drug-likeness (QED) is 0.615. The van der Waals surface area contributed by atoms with Gasteiger partial charge in [-0.1, -0.05) is 13.3 Å². The van der Waals surface area contributed by atoms with Gasteiger partial charge in [-0.05, 0) is 26.7 Å². The average molecular weight is 184 g/mol. The smallest absolute Gasteiger partial charge is 0.246 e. The molecule has 0 unspecified atom stereocenters. The molecule has 0 saturated heterocycles. The van der Waals surface area contributed by atoms with Crippen LogP contribution in [0.4, 0.5) is 0 Å². The van der Waals surface area contributed by atoms with Gasteiger partial charge in [-0.25, -0.2) is 0 Å². The summed E-state index contributed by atoms with van der Waals surface area (Å²) in [5.41, 5.74) is 6.86. The van der Waals surface area contributed by atoms with Crippen LogP contribution in [0.1, 0.15) is 40.0 Å². The van der Waals surface area contributed by atoms with Crippen molar-refractivity contribution in [2.24, 2.45) is 5.73 Å². The number of rotatable bonds is 6. The first-order chi connectivity index (χ1) is 6.13. The summed E-state index contributed by atoms with van der Waals surface area (Å²) in [7, 11) is 0. The molecule has 0 aromatic carbocycles. The summed E-state index contributed by atoms with van der Waals surface area (Å²) in [5, 5.41) is 3.18. The van der Waals surface area contributed by atoms with E-state index in [1.165, 1.54) is 0 Å². The van der Waals surface area contributed by atoms with Crippen molar-refractivity contribution in [2.45, 2.75) is 40.0 Å². The molecule has 0 saturated carbocycles. The van der Waals surface area contributed by atoms with Crippen LogP contribution >= 0.6 is 0 Å². The third kappa shape index (κ3) is 4.55. The van der Waals surface area contributed by atoms with E-state index in [9.17, 15) is 4.79 Å². The highest BCUT2D eigenvalue weighted by Gasteiger charge is 2.05. The van der Waals surface area contributed by atoms with Gasteiger partial charge in [0.25, 0.3) is 0 Å². The molecule has 3 N–H and O–H groups in total. The number of hydrogen-bond acceptors (Lipinski definition) is 2. The van der Waals surface area contributed by atoms with Crippen LogP contribution < -0.4 is 11.1 Å². The molecule has 13 heavy (non-hydrogen) atoms. The van der Waals surface area contributed by atoms with Gasteiger partial charge in [0.2, 0.25) is 5.91 Å². The second-order valence-electron chi connectivity index (χ2n) is 3.10. The number of unbranched alkanes of at least 4 members (excludes halogenated alkanes) is 1. The number of amides is 1. The Morgan fingerprint density at radius 3 is 2.38 bits per heavy atom. The molecule has 0 aromatic heterocycles. The van der Waals surface area contributed by atoms with Crippen LogP contribution in [-0.4, -0.2) is 12.5 Å². The summed E-state index contributed by atoms with van der Waals surface area (Å²) in [6, 6.07) is 0.